The lowest BCUT2D eigenvalue weighted by molar-refractivity contribution is -0.143. The highest BCUT2D eigenvalue weighted by atomic mass is 16.5. The number of carbonyl (C=O) groups is 5. The first-order valence-electron chi connectivity index (χ1n) is 16.4. The van der Waals surface area contributed by atoms with Gasteiger partial charge in [-0.15, -0.1) is 0 Å². The molecule has 0 fully saturated rings. The second kappa shape index (κ2) is 19.4. The number of methoxy groups -OCH3 is 1. The van der Waals surface area contributed by atoms with Crippen molar-refractivity contribution >= 4 is 29.6 Å². The molecule has 12 heteroatoms. The molecule has 0 heterocycles. The molecule has 0 saturated heterocycles. The molecule has 2 aromatic rings. The van der Waals surface area contributed by atoms with E-state index in [9.17, 15) is 34.2 Å². The molecule has 0 spiro atoms. The Kier molecular flexibility index (Phi) is 16.0. The number of nitrogens with one attached hydrogen (secondary N) is 4. The highest BCUT2D eigenvalue weighted by Crippen LogP contribution is 2.18. The number of benzene rings is 2. The molecule has 0 bridgehead atoms. The van der Waals surface area contributed by atoms with Gasteiger partial charge >= 0.3 is 5.97 Å². The van der Waals surface area contributed by atoms with Crippen LogP contribution in [0.3, 0.4) is 0 Å². The van der Waals surface area contributed by atoms with Crippen LogP contribution in [0.4, 0.5) is 0 Å². The van der Waals surface area contributed by atoms with Crippen LogP contribution in [0.2, 0.25) is 0 Å². The number of hydrogen-bond acceptors (Lipinski definition) is 7. The normalized spacial score (nSPS) is 15.0. The summed E-state index contributed by atoms with van der Waals surface area (Å²) in [6, 6.07) is 12.2. The van der Waals surface area contributed by atoms with Crippen LogP contribution in [0, 0.1) is 17.8 Å². The minimum absolute atomic E-state index is 0.00788. The van der Waals surface area contributed by atoms with E-state index >= 15 is 0 Å². The van der Waals surface area contributed by atoms with E-state index in [2.05, 4.69) is 21.3 Å². The van der Waals surface area contributed by atoms with Crippen molar-refractivity contribution in [3.05, 3.63) is 65.7 Å². The first-order chi connectivity index (χ1) is 22.7. The lowest BCUT2D eigenvalue weighted by atomic mass is 9.95. The average molecular weight is 669 g/mol. The Morgan fingerprint density at radius 1 is 0.729 bits per heavy atom. The Labute approximate surface area is 283 Å². The molecule has 0 aliphatic carbocycles. The fourth-order valence-electron chi connectivity index (χ4n) is 5.23. The second-order valence-electron chi connectivity index (χ2n) is 12.9. The van der Waals surface area contributed by atoms with Crippen molar-refractivity contribution in [1.82, 2.24) is 21.3 Å². The molecular weight excluding hydrogens is 616 g/mol. The zero-order valence-corrected chi connectivity index (χ0v) is 29.0. The molecule has 6 atom stereocenters. The molecule has 0 saturated carbocycles. The average Bonchev–Trinajstić information content (AvgIpc) is 3.04. The number of aliphatic carboxylic acids is 1. The monoisotopic (exact) mass is 668 g/mol. The number of para-hydroxylation sites is 1. The zero-order chi connectivity index (χ0) is 36.0. The van der Waals surface area contributed by atoms with E-state index in [1.165, 1.54) is 7.11 Å². The van der Waals surface area contributed by atoms with E-state index in [1.54, 1.807) is 58.9 Å². The second-order valence-corrected chi connectivity index (χ2v) is 12.9. The topological polar surface area (TPSA) is 183 Å². The summed E-state index contributed by atoms with van der Waals surface area (Å²) in [5.41, 5.74) is 1.46. The van der Waals surface area contributed by atoms with Gasteiger partial charge < -0.3 is 36.2 Å². The highest BCUT2D eigenvalue weighted by Gasteiger charge is 2.34. The summed E-state index contributed by atoms with van der Waals surface area (Å²) in [6.45, 7) is 10.5. The van der Waals surface area contributed by atoms with Gasteiger partial charge in [-0.1, -0.05) is 96.5 Å². The van der Waals surface area contributed by atoms with Crippen molar-refractivity contribution in [3.63, 3.8) is 0 Å². The number of aliphatic hydroxyl groups excluding tert-OH is 1. The minimum Gasteiger partial charge on any atom is -0.496 e. The maximum absolute atomic E-state index is 13.6. The molecule has 4 amide bonds. The van der Waals surface area contributed by atoms with Crippen LogP contribution in [0.5, 0.6) is 5.75 Å². The molecule has 0 aliphatic heterocycles. The number of carbonyl (C=O) groups excluding carboxylic acids is 4. The largest absolute Gasteiger partial charge is 0.496 e. The molecular formula is C36H52N4O8. The van der Waals surface area contributed by atoms with Gasteiger partial charge in [0.25, 0.3) is 0 Å². The van der Waals surface area contributed by atoms with Crippen LogP contribution in [0.25, 0.3) is 0 Å². The van der Waals surface area contributed by atoms with Crippen LogP contribution >= 0.6 is 0 Å². The van der Waals surface area contributed by atoms with Gasteiger partial charge in [0.2, 0.25) is 23.6 Å². The summed E-state index contributed by atoms with van der Waals surface area (Å²) in [5, 5.41) is 31.7. The Morgan fingerprint density at radius 3 is 1.85 bits per heavy atom. The van der Waals surface area contributed by atoms with E-state index in [1.807, 2.05) is 37.3 Å². The third kappa shape index (κ3) is 12.3. The summed E-state index contributed by atoms with van der Waals surface area (Å²) in [6.07, 6.45) is -1.12. The van der Waals surface area contributed by atoms with Crippen LogP contribution in [0.1, 0.15) is 65.5 Å². The van der Waals surface area contributed by atoms with Crippen LogP contribution in [0.15, 0.2) is 54.6 Å². The summed E-state index contributed by atoms with van der Waals surface area (Å²) in [4.78, 5) is 64.7. The number of carboxylic acids is 1. The van der Waals surface area contributed by atoms with E-state index < -0.39 is 60.4 Å². The van der Waals surface area contributed by atoms with E-state index in [-0.39, 0.29) is 36.5 Å². The molecule has 12 nitrogen and oxygen atoms in total. The van der Waals surface area contributed by atoms with Gasteiger partial charge in [0, 0.05) is 5.56 Å². The Morgan fingerprint density at radius 2 is 1.29 bits per heavy atom. The highest BCUT2D eigenvalue weighted by molar-refractivity contribution is 5.91. The van der Waals surface area contributed by atoms with Crippen molar-refractivity contribution in [2.75, 3.05) is 7.11 Å². The van der Waals surface area contributed by atoms with E-state index in [4.69, 9.17) is 4.74 Å². The summed E-state index contributed by atoms with van der Waals surface area (Å²) in [7, 11) is 1.51. The van der Waals surface area contributed by atoms with Gasteiger partial charge in [0.05, 0.1) is 32.1 Å². The summed E-state index contributed by atoms with van der Waals surface area (Å²) < 4.78 is 5.34. The quantitative estimate of drug-likeness (QED) is 0.132. The zero-order valence-electron chi connectivity index (χ0n) is 29.0. The third-order valence-electron chi connectivity index (χ3n) is 8.34. The molecule has 0 aromatic heterocycles. The summed E-state index contributed by atoms with van der Waals surface area (Å²) >= 11 is 0. The van der Waals surface area contributed by atoms with Gasteiger partial charge in [0.15, 0.2) is 0 Å². The maximum atomic E-state index is 13.6. The molecule has 0 unspecified atom stereocenters. The number of hydrogen-bond donors (Lipinski definition) is 6. The fraction of sp³-hybridized carbons (Fsp3) is 0.528. The number of rotatable bonds is 19. The molecule has 6 N–H and O–H groups in total. The molecule has 0 radical (unpaired) electrons. The summed E-state index contributed by atoms with van der Waals surface area (Å²) in [5.74, 6) is -3.84. The fourth-order valence-corrected chi connectivity index (χ4v) is 5.23. The third-order valence-corrected chi connectivity index (χ3v) is 8.34. The lowest BCUT2D eigenvalue weighted by Gasteiger charge is -2.30. The minimum atomic E-state index is -1.37. The van der Waals surface area contributed by atoms with Gasteiger partial charge in [-0.05, 0) is 35.8 Å². The number of amides is 4. The lowest BCUT2D eigenvalue weighted by Crippen LogP contribution is -2.57. The van der Waals surface area contributed by atoms with E-state index in [0.29, 0.717) is 17.7 Å². The van der Waals surface area contributed by atoms with Gasteiger partial charge in [-0.2, -0.15) is 0 Å². The van der Waals surface area contributed by atoms with Gasteiger partial charge in [-0.3, -0.25) is 19.2 Å². The first-order valence-corrected chi connectivity index (χ1v) is 16.4. The number of carboxylic acid groups (broad SMARTS) is 1. The predicted molar refractivity (Wildman–Crippen MR) is 182 cm³/mol. The number of aliphatic hydroxyl groups is 1. The van der Waals surface area contributed by atoms with Gasteiger partial charge in [-0.25, -0.2) is 4.79 Å². The Bertz CT molecular complexity index is 1370. The molecule has 48 heavy (non-hydrogen) atoms. The van der Waals surface area contributed by atoms with Crippen molar-refractivity contribution in [2.24, 2.45) is 17.8 Å². The van der Waals surface area contributed by atoms with Crippen LogP contribution in [-0.2, 0) is 36.8 Å². The smallest absolute Gasteiger partial charge is 0.326 e. The molecule has 2 rings (SSSR count). The van der Waals surface area contributed by atoms with E-state index in [0.717, 1.165) is 5.56 Å². The molecule has 2 aromatic carbocycles. The van der Waals surface area contributed by atoms with Crippen LogP contribution < -0.4 is 26.0 Å². The maximum Gasteiger partial charge on any atom is 0.326 e. The van der Waals surface area contributed by atoms with Crippen molar-refractivity contribution in [1.29, 1.82) is 0 Å². The molecule has 264 valence electrons. The SMILES string of the molecule is CC[C@H](C)[C@H](NC(=O)C[C@H](O)[C@H](Cc1ccccc1)NC(=O)[C@@H](NC(=O)Cc1ccccc1OC)C(C)C)C(=O)N[C@H](C(=O)O)C(C)C. The Hall–Kier alpha value is -4.45. The van der Waals surface area contributed by atoms with Crippen molar-refractivity contribution < 1.29 is 38.9 Å². The Balaban J connectivity index is 2.22. The van der Waals surface area contributed by atoms with Crippen LogP contribution in [-0.4, -0.2) is 77.2 Å². The van der Waals surface area contributed by atoms with Crippen molar-refractivity contribution in [2.45, 2.75) is 97.5 Å². The molecule has 0 aliphatic rings. The van der Waals surface area contributed by atoms with Gasteiger partial charge in [0.1, 0.15) is 23.9 Å². The van der Waals surface area contributed by atoms with Crippen molar-refractivity contribution in [3.8, 4) is 5.75 Å². The standard InChI is InChI=1S/C36H52N4O8/c1-8-23(6)33(35(45)40-32(22(4)5)36(46)47)39-30(43)20-27(41)26(18-24-14-10-9-11-15-24)37-34(44)31(21(2)3)38-29(42)19-25-16-12-13-17-28(25)48-7/h9-17,21-23,26-27,31-33,41H,8,18-20H2,1-7H3,(H,37,44)(H,38,42)(H,39,43)(H,40,45)(H,46,47)/t23-,26-,27-,31-,32-,33-/m0/s1. The number of ether oxygens (including phenoxy) is 1. The first kappa shape index (κ1) is 39.7. The predicted octanol–water partition coefficient (Wildman–Crippen LogP) is 2.61.